The van der Waals surface area contributed by atoms with Crippen LogP contribution in [0.25, 0.3) is 0 Å². The van der Waals surface area contributed by atoms with Crippen LogP contribution in [0.15, 0.2) is 82.8 Å². The number of halogens is 1. The van der Waals surface area contributed by atoms with Crippen molar-refractivity contribution in [1.82, 2.24) is 5.43 Å². The fraction of sp³-hybridized carbons (Fsp3) is 0.286. The molecule has 0 bridgehead atoms. The Hall–Kier alpha value is -3.36. The molecule has 0 radical (unpaired) electrons. The minimum atomic E-state index is -4.08. The minimum absolute atomic E-state index is 0.0113. The van der Waals surface area contributed by atoms with Gasteiger partial charge in [-0.15, -0.1) is 0 Å². The number of nitrogens with zero attached hydrogens (tertiary/aromatic N) is 2. The van der Waals surface area contributed by atoms with Crippen LogP contribution < -0.4 is 14.5 Å². The number of anilines is 1. The molecule has 3 rings (SSSR count). The Morgan fingerprint density at radius 3 is 2.11 bits per heavy atom. The summed E-state index contributed by atoms with van der Waals surface area (Å²) in [5.74, 6) is 0.00864. The van der Waals surface area contributed by atoms with E-state index in [1.165, 1.54) is 29.8 Å². The zero-order chi connectivity index (χ0) is 27.2. The monoisotopic (exact) mass is 541 g/mol. The van der Waals surface area contributed by atoms with Crippen LogP contribution in [0.1, 0.15) is 45.7 Å². The van der Waals surface area contributed by atoms with Gasteiger partial charge in [0, 0.05) is 5.02 Å². The van der Waals surface area contributed by atoms with Gasteiger partial charge in [0.2, 0.25) is 0 Å². The van der Waals surface area contributed by atoms with Crippen molar-refractivity contribution < 1.29 is 17.9 Å². The van der Waals surface area contributed by atoms with Crippen LogP contribution in [0.5, 0.6) is 5.75 Å². The maximum Gasteiger partial charge on any atom is 0.264 e. The van der Waals surface area contributed by atoms with E-state index in [1.54, 1.807) is 31.2 Å². The molecule has 0 saturated carbocycles. The fourth-order valence-electron chi connectivity index (χ4n) is 3.51. The largest absolute Gasteiger partial charge is 0.494 e. The Bertz CT molecular complexity index is 1350. The van der Waals surface area contributed by atoms with E-state index >= 15 is 0 Å². The summed E-state index contributed by atoms with van der Waals surface area (Å²) in [6, 6.07) is 20.2. The molecule has 1 N–H and O–H groups in total. The van der Waals surface area contributed by atoms with Gasteiger partial charge in [-0.1, -0.05) is 56.6 Å². The third-order valence-electron chi connectivity index (χ3n) is 5.64. The first kappa shape index (κ1) is 28.2. The van der Waals surface area contributed by atoms with Crippen molar-refractivity contribution in [3.63, 3.8) is 0 Å². The Labute approximate surface area is 224 Å². The number of ether oxygens (including phenoxy) is 1. The maximum absolute atomic E-state index is 13.5. The second-order valence-corrected chi connectivity index (χ2v) is 11.8. The first-order chi connectivity index (χ1) is 17.4. The normalized spacial score (nSPS) is 12.2. The Morgan fingerprint density at radius 1 is 0.973 bits per heavy atom. The molecule has 0 fully saturated rings. The van der Waals surface area contributed by atoms with Crippen LogP contribution in [0.4, 0.5) is 5.69 Å². The fourth-order valence-corrected chi connectivity index (χ4v) is 5.06. The highest BCUT2D eigenvalue weighted by molar-refractivity contribution is 7.92. The molecule has 196 valence electrons. The van der Waals surface area contributed by atoms with Gasteiger partial charge in [0.25, 0.3) is 15.9 Å². The van der Waals surface area contributed by atoms with Crippen molar-refractivity contribution >= 4 is 38.9 Å². The van der Waals surface area contributed by atoms with Crippen molar-refractivity contribution in [2.45, 2.75) is 44.9 Å². The second kappa shape index (κ2) is 11.8. The number of rotatable bonds is 9. The van der Waals surface area contributed by atoms with Crippen LogP contribution >= 0.6 is 11.6 Å². The number of nitrogens with one attached hydrogen (secondary N) is 1. The third kappa shape index (κ3) is 7.33. The number of sulfonamides is 1. The van der Waals surface area contributed by atoms with Crippen molar-refractivity contribution in [3.05, 3.63) is 88.9 Å². The first-order valence-electron chi connectivity index (χ1n) is 11.9. The van der Waals surface area contributed by atoms with Gasteiger partial charge in [-0.3, -0.25) is 9.10 Å². The number of amides is 1. The van der Waals surface area contributed by atoms with E-state index in [0.29, 0.717) is 28.8 Å². The summed E-state index contributed by atoms with van der Waals surface area (Å²) in [5, 5.41) is 4.60. The highest BCUT2D eigenvalue weighted by atomic mass is 35.5. The first-order valence-corrected chi connectivity index (χ1v) is 13.7. The molecule has 9 heteroatoms. The minimum Gasteiger partial charge on any atom is -0.494 e. The number of carbonyl (C=O) groups is 1. The third-order valence-corrected chi connectivity index (χ3v) is 7.68. The van der Waals surface area contributed by atoms with E-state index in [1.807, 2.05) is 31.2 Å². The topological polar surface area (TPSA) is 88.1 Å². The van der Waals surface area contributed by atoms with Crippen molar-refractivity contribution in [2.24, 2.45) is 5.10 Å². The maximum atomic E-state index is 13.5. The lowest BCUT2D eigenvalue weighted by Gasteiger charge is -2.24. The van der Waals surface area contributed by atoms with E-state index < -0.39 is 22.5 Å². The zero-order valence-electron chi connectivity index (χ0n) is 21.7. The van der Waals surface area contributed by atoms with Crippen LogP contribution in [-0.4, -0.2) is 33.2 Å². The zero-order valence-corrected chi connectivity index (χ0v) is 23.2. The van der Waals surface area contributed by atoms with Crippen LogP contribution in [-0.2, 0) is 20.2 Å². The van der Waals surface area contributed by atoms with Gasteiger partial charge >= 0.3 is 0 Å². The lowest BCUT2D eigenvalue weighted by Crippen LogP contribution is -2.39. The SMILES string of the molecule is CCOc1ccc(N(CC(=O)N/N=C(/C)c2ccc(C(C)(C)C)cc2)S(=O)(=O)c2ccc(Cl)cc2)cc1. The summed E-state index contributed by atoms with van der Waals surface area (Å²) in [4.78, 5) is 12.9. The molecule has 0 heterocycles. The summed E-state index contributed by atoms with van der Waals surface area (Å²) in [6.07, 6.45) is 0. The van der Waals surface area contributed by atoms with Gasteiger partial charge in [0.05, 0.1) is 22.9 Å². The molecule has 0 spiro atoms. The second-order valence-electron chi connectivity index (χ2n) is 9.45. The Kier molecular flexibility index (Phi) is 8.99. The highest BCUT2D eigenvalue weighted by Crippen LogP contribution is 2.27. The molecule has 1 amide bonds. The van der Waals surface area contributed by atoms with E-state index in [4.69, 9.17) is 16.3 Å². The predicted molar refractivity (Wildman–Crippen MR) is 149 cm³/mol. The van der Waals surface area contributed by atoms with Crippen LogP contribution in [0.2, 0.25) is 5.02 Å². The molecule has 3 aromatic carbocycles. The summed E-state index contributed by atoms with van der Waals surface area (Å²) in [5.41, 5.74) is 5.46. The molecule has 0 aliphatic rings. The number of carbonyl (C=O) groups excluding carboxylic acids is 1. The molecule has 37 heavy (non-hydrogen) atoms. The number of benzene rings is 3. The lowest BCUT2D eigenvalue weighted by atomic mass is 9.86. The molecule has 0 atom stereocenters. The quantitative estimate of drug-likeness (QED) is 0.275. The highest BCUT2D eigenvalue weighted by Gasteiger charge is 2.27. The van der Waals surface area contributed by atoms with E-state index in [-0.39, 0.29) is 10.3 Å². The molecule has 3 aromatic rings. The van der Waals surface area contributed by atoms with Crippen molar-refractivity contribution in [3.8, 4) is 5.75 Å². The molecular weight excluding hydrogens is 510 g/mol. The van der Waals surface area contributed by atoms with Gasteiger partial charge < -0.3 is 4.74 Å². The summed E-state index contributed by atoms with van der Waals surface area (Å²) >= 11 is 5.94. The summed E-state index contributed by atoms with van der Waals surface area (Å²) in [7, 11) is -4.08. The number of hydrogen-bond donors (Lipinski definition) is 1. The predicted octanol–water partition coefficient (Wildman–Crippen LogP) is 5.77. The number of hydrazone groups is 1. The van der Waals surface area contributed by atoms with Crippen LogP contribution in [0.3, 0.4) is 0 Å². The standard InChI is InChI=1S/C28H32ClN3O4S/c1-6-36-25-15-13-24(14-16-25)32(37(34,35)26-17-11-23(29)12-18-26)19-27(33)31-30-20(2)21-7-9-22(10-8-21)28(3,4)5/h7-18H,6,19H2,1-5H3,(H,31,33)/b30-20-. The molecule has 0 aliphatic carbocycles. The smallest absolute Gasteiger partial charge is 0.264 e. The van der Waals surface area contributed by atoms with Gasteiger partial charge in [0.15, 0.2) is 0 Å². The lowest BCUT2D eigenvalue weighted by molar-refractivity contribution is -0.119. The molecule has 0 aliphatic heterocycles. The van der Waals surface area contributed by atoms with Crippen molar-refractivity contribution in [2.75, 3.05) is 17.5 Å². The van der Waals surface area contributed by atoms with E-state index in [2.05, 4.69) is 31.3 Å². The van der Waals surface area contributed by atoms with Crippen LogP contribution in [0, 0.1) is 0 Å². The Morgan fingerprint density at radius 2 is 1.57 bits per heavy atom. The van der Waals surface area contributed by atoms with Gasteiger partial charge in [0.1, 0.15) is 12.3 Å². The molecular formula is C28H32ClN3O4S. The van der Waals surface area contributed by atoms with Gasteiger partial charge in [-0.05, 0) is 78.9 Å². The molecule has 0 unspecified atom stereocenters. The number of hydrogen-bond acceptors (Lipinski definition) is 5. The average molecular weight is 542 g/mol. The molecule has 7 nitrogen and oxygen atoms in total. The van der Waals surface area contributed by atoms with Crippen molar-refractivity contribution in [1.29, 1.82) is 0 Å². The van der Waals surface area contributed by atoms with E-state index in [0.717, 1.165) is 9.87 Å². The molecule has 0 saturated heterocycles. The summed E-state index contributed by atoms with van der Waals surface area (Å²) in [6.45, 7) is 10.0. The Balaban J connectivity index is 1.84. The van der Waals surface area contributed by atoms with E-state index in [9.17, 15) is 13.2 Å². The van der Waals surface area contributed by atoms with Gasteiger partial charge in [-0.2, -0.15) is 5.10 Å². The van der Waals surface area contributed by atoms with Gasteiger partial charge in [-0.25, -0.2) is 13.8 Å². The average Bonchev–Trinajstić information content (AvgIpc) is 2.86. The summed E-state index contributed by atoms with van der Waals surface area (Å²) < 4.78 is 33.5. The molecule has 0 aromatic heterocycles.